The van der Waals surface area contributed by atoms with E-state index in [4.69, 9.17) is 5.11 Å². The number of thioether (sulfide) groups is 1. The van der Waals surface area contributed by atoms with E-state index in [1.165, 1.54) is 6.07 Å². The Hall–Kier alpha value is -2.22. The van der Waals surface area contributed by atoms with Crippen LogP contribution < -0.4 is 5.32 Å². The minimum absolute atomic E-state index is 0.0509. The molecule has 1 atom stereocenters. The molecule has 8 heteroatoms. The first-order valence-corrected chi connectivity index (χ1v) is 6.26. The van der Waals surface area contributed by atoms with Crippen LogP contribution in [0.2, 0.25) is 0 Å². The number of nitrogens with one attached hydrogen (secondary N) is 1. The molecule has 0 bridgehead atoms. The number of Topliss-reactive ketones (excluding diaryl/α,β-unsaturated/α-hetero) is 1. The SMILES string of the molecule is O=C(O)CNC(=O)C1C(=O)Sc2ccc(F)cc2C1=O. The number of rotatable bonds is 3. The summed E-state index contributed by atoms with van der Waals surface area (Å²) in [6, 6.07) is 3.35. The van der Waals surface area contributed by atoms with Crippen LogP contribution >= 0.6 is 11.8 Å². The van der Waals surface area contributed by atoms with Gasteiger partial charge in [-0.15, -0.1) is 0 Å². The van der Waals surface area contributed by atoms with Gasteiger partial charge in [-0.25, -0.2) is 4.39 Å². The van der Waals surface area contributed by atoms with Gasteiger partial charge < -0.3 is 10.4 Å². The summed E-state index contributed by atoms with van der Waals surface area (Å²) >= 11 is 0.660. The number of halogens is 1. The number of amides is 1. The van der Waals surface area contributed by atoms with Gasteiger partial charge in [-0.05, 0) is 30.0 Å². The van der Waals surface area contributed by atoms with E-state index in [1.807, 2.05) is 5.32 Å². The average molecular weight is 297 g/mol. The van der Waals surface area contributed by atoms with Gasteiger partial charge in [0, 0.05) is 10.5 Å². The predicted molar refractivity (Wildman–Crippen MR) is 65.7 cm³/mol. The number of benzene rings is 1. The fourth-order valence-electron chi connectivity index (χ4n) is 1.70. The summed E-state index contributed by atoms with van der Waals surface area (Å²) in [5.74, 6) is -5.42. The number of carbonyl (C=O) groups excluding carboxylic acids is 3. The van der Waals surface area contributed by atoms with Gasteiger partial charge >= 0.3 is 5.97 Å². The van der Waals surface area contributed by atoms with E-state index in [0.717, 1.165) is 12.1 Å². The molecule has 1 unspecified atom stereocenters. The summed E-state index contributed by atoms with van der Waals surface area (Å²) in [4.78, 5) is 46.2. The fraction of sp³-hybridized carbons (Fsp3) is 0.167. The highest BCUT2D eigenvalue weighted by Gasteiger charge is 2.40. The number of fused-ring (bicyclic) bond motifs is 1. The van der Waals surface area contributed by atoms with E-state index < -0.39 is 41.1 Å². The molecule has 0 spiro atoms. The molecule has 1 heterocycles. The standard InChI is InChI=1S/C12H8FNO5S/c13-5-1-2-7-6(3-5)10(17)9(12(19)20-7)11(18)14-4-8(15)16/h1-3,9H,4H2,(H,14,18)(H,15,16). The van der Waals surface area contributed by atoms with E-state index in [2.05, 4.69) is 0 Å². The monoisotopic (exact) mass is 297 g/mol. The Morgan fingerprint density at radius 2 is 2.05 bits per heavy atom. The zero-order valence-corrected chi connectivity index (χ0v) is 10.7. The second kappa shape index (κ2) is 5.41. The van der Waals surface area contributed by atoms with Crippen molar-refractivity contribution in [3.8, 4) is 0 Å². The molecule has 1 aromatic carbocycles. The first-order valence-electron chi connectivity index (χ1n) is 5.45. The zero-order valence-electron chi connectivity index (χ0n) is 9.88. The second-order valence-electron chi connectivity index (χ2n) is 3.97. The Morgan fingerprint density at radius 3 is 2.70 bits per heavy atom. The van der Waals surface area contributed by atoms with Crippen molar-refractivity contribution < 1.29 is 28.7 Å². The fourth-order valence-corrected chi connectivity index (χ4v) is 2.66. The van der Waals surface area contributed by atoms with Crippen LogP contribution in [0.5, 0.6) is 0 Å². The third-order valence-corrected chi connectivity index (χ3v) is 3.60. The Kier molecular flexibility index (Phi) is 3.84. The second-order valence-corrected chi connectivity index (χ2v) is 5.02. The molecule has 0 aliphatic carbocycles. The highest BCUT2D eigenvalue weighted by Crippen LogP contribution is 2.34. The average Bonchev–Trinajstić information content (AvgIpc) is 2.37. The first kappa shape index (κ1) is 14.2. The Labute approximate surface area is 116 Å². The number of carboxylic acid groups (broad SMARTS) is 1. The molecule has 1 aromatic rings. The molecule has 6 nitrogen and oxygen atoms in total. The number of aliphatic carboxylic acids is 1. The third kappa shape index (κ3) is 2.69. The normalized spacial score (nSPS) is 17.6. The number of carbonyl (C=O) groups is 4. The van der Waals surface area contributed by atoms with Gasteiger partial charge in [-0.2, -0.15) is 0 Å². The molecule has 1 aliphatic heterocycles. The van der Waals surface area contributed by atoms with Gasteiger partial charge in [-0.3, -0.25) is 19.2 Å². The van der Waals surface area contributed by atoms with Crippen LogP contribution in [0, 0.1) is 11.7 Å². The van der Waals surface area contributed by atoms with Crippen molar-refractivity contribution in [2.45, 2.75) is 4.90 Å². The van der Waals surface area contributed by atoms with Crippen molar-refractivity contribution in [3.05, 3.63) is 29.6 Å². The van der Waals surface area contributed by atoms with Gasteiger partial charge in [-0.1, -0.05) is 0 Å². The van der Waals surface area contributed by atoms with Crippen molar-refractivity contribution in [1.29, 1.82) is 0 Å². The largest absolute Gasteiger partial charge is 0.480 e. The van der Waals surface area contributed by atoms with E-state index in [-0.39, 0.29) is 10.5 Å². The highest BCUT2D eigenvalue weighted by molar-refractivity contribution is 8.14. The molecule has 1 amide bonds. The number of hydrogen-bond acceptors (Lipinski definition) is 5. The van der Waals surface area contributed by atoms with Crippen molar-refractivity contribution in [2.75, 3.05) is 6.54 Å². The molecule has 20 heavy (non-hydrogen) atoms. The van der Waals surface area contributed by atoms with Gasteiger partial charge in [0.1, 0.15) is 12.4 Å². The van der Waals surface area contributed by atoms with E-state index >= 15 is 0 Å². The van der Waals surface area contributed by atoms with Crippen LogP contribution in [0.3, 0.4) is 0 Å². The van der Waals surface area contributed by atoms with Crippen molar-refractivity contribution in [2.24, 2.45) is 5.92 Å². The third-order valence-electron chi connectivity index (χ3n) is 2.59. The van der Waals surface area contributed by atoms with Crippen LogP contribution in [-0.2, 0) is 14.4 Å². The van der Waals surface area contributed by atoms with Crippen LogP contribution in [0.15, 0.2) is 23.1 Å². The van der Waals surface area contributed by atoms with Crippen LogP contribution in [0.1, 0.15) is 10.4 Å². The maximum Gasteiger partial charge on any atom is 0.322 e. The zero-order chi connectivity index (χ0) is 14.9. The molecular weight excluding hydrogens is 289 g/mol. The molecule has 0 saturated carbocycles. The lowest BCUT2D eigenvalue weighted by atomic mass is 9.97. The van der Waals surface area contributed by atoms with Crippen LogP contribution in [0.4, 0.5) is 4.39 Å². The summed E-state index contributed by atoms with van der Waals surface area (Å²) < 4.78 is 13.1. The van der Waals surface area contributed by atoms with E-state index in [9.17, 15) is 23.6 Å². The lowest BCUT2D eigenvalue weighted by Crippen LogP contribution is -2.43. The smallest absolute Gasteiger partial charge is 0.322 e. The highest BCUT2D eigenvalue weighted by atomic mass is 32.2. The topological polar surface area (TPSA) is 101 Å². The first-order chi connectivity index (χ1) is 9.40. The summed E-state index contributed by atoms with van der Waals surface area (Å²) in [7, 11) is 0. The van der Waals surface area contributed by atoms with Crippen LogP contribution in [0.25, 0.3) is 0 Å². The molecule has 1 aliphatic rings. The Morgan fingerprint density at radius 1 is 1.35 bits per heavy atom. The van der Waals surface area contributed by atoms with Crippen LogP contribution in [-0.4, -0.2) is 34.4 Å². The summed E-state index contributed by atoms with van der Waals surface area (Å²) in [6.07, 6.45) is 0. The molecule has 0 fully saturated rings. The molecule has 0 radical (unpaired) electrons. The predicted octanol–water partition coefficient (Wildman–Crippen LogP) is 0.458. The molecule has 0 saturated heterocycles. The minimum Gasteiger partial charge on any atom is -0.480 e. The summed E-state index contributed by atoms with van der Waals surface area (Å²) in [6.45, 7) is -0.698. The maximum atomic E-state index is 13.1. The van der Waals surface area contributed by atoms with Crippen molar-refractivity contribution >= 4 is 34.5 Å². The Bertz CT molecular complexity index is 630. The number of ketones is 1. The maximum absolute atomic E-state index is 13.1. The molecular formula is C12H8FNO5S. The lowest BCUT2D eigenvalue weighted by molar-refractivity contribution is -0.139. The minimum atomic E-state index is -1.64. The van der Waals surface area contributed by atoms with Gasteiger partial charge in [0.25, 0.3) is 0 Å². The molecule has 2 rings (SSSR count). The number of carboxylic acids is 1. The molecule has 104 valence electrons. The van der Waals surface area contributed by atoms with Gasteiger partial charge in [0.2, 0.25) is 11.0 Å². The quantitative estimate of drug-likeness (QED) is 0.786. The van der Waals surface area contributed by atoms with Gasteiger partial charge in [0.15, 0.2) is 11.7 Å². The number of hydrogen-bond donors (Lipinski definition) is 2. The molecule has 2 N–H and O–H groups in total. The van der Waals surface area contributed by atoms with E-state index in [0.29, 0.717) is 11.8 Å². The summed E-state index contributed by atoms with van der Waals surface area (Å²) in [5, 5.41) is 9.71. The van der Waals surface area contributed by atoms with E-state index in [1.54, 1.807) is 0 Å². The summed E-state index contributed by atoms with van der Waals surface area (Å²) in [5.41, 5.74) is -0.0509. The van der Waals surface area contributed by atoms with Crippen molar-refractivity contribution in [3.63, 3.8) is 0 Å². The lowest BCUT2D eigenvalue weighted by Gasteiger charge is -2.20. The van der Waals surface area contributed by atoms with Crippen molar-refractivity contribution in [1.82, 2.24) is 5.32 Å². The molecule has 0 aromatic heterocycles. The Balaban J connectivity index is 2.28. The van der Waals surface area contributed by atoms with Gasteiger partial charge in [0.05, 0.1) is 0 Å².